The largest absolute Gasteiger partial charge is 0.324 e. The van der Waals surface area contributed by atoms with Crippen LogP contribution in [-0.2, 0) is 14.8 Å². The molecule has 4 N–H and O–H groups in total. The van der Waals surface area contributed by atoms with Gasteiger partial charge in [-0.2, -0.15) is 16.4 Å². The maximum absolute atomic E-state index is 13.3. The van der Waals surface area contributed by atoms with E-state index in [0.29, 0.717) is 16.9 Å². The predicted molar refractivity (Wildman–Crippen MR) is 129 cm³/mol. The lowest BCUT2D eigenvalue weighted by Gasteiger charge is -2.26. The minimum atomic E-state index is -3.83. The van der Waals surface area contributed by atoms with E-state index in [0.717, 1.165) is 42.4 Å². The van der Waals surface area contributed by atoms with Crippen molar-refractivity contribution < 1.29 is 13.2 Å². The number of carbonyl (C=O) groups excluding carboxylic acids is 1. The summed E-state index contributed by atoms with van der Waals surface area (Å²) in [4.78, 5) is 15.6. The van der Waals surface area contributed by atoms with E-state index in [4.69, 9.17) is 5.14 Å². The van der Waals surface area contributed by atoms with Crippen LogP contribution in [0.5, 0.6) is 0 Å². The first-order valence-electron chi connectivity index (χ1n) is 10.6. The SMILES string of the molecule is NS(=O)(=O)c1cccc(-c2n[nH]c3ccc(NC(=O)[C@H](c4ccsc4)N4CCCC4)cc23)c1. The molecule has 0 spiro atoms. The highest BCUT2D eigenvalue weighted by atomic mass is 32.2. The molecule has 0 radical (unpaired) electrons. The Morgan fingerprint density at radius 2 is 1.97 bits per heavy atom. The molecule has 8 nitrogen and oxygen atoms in total. The summed E-state index contributed by atoms with van der Waals surface area (Å²) in [5.41, 5.74) is 3.63. The monoisotopic (exact) mass is 481 g/mol. The highest BCUT2D eigenvalue weighted by molar-refractivity contribution is 7.89. The number of benzene rings is 2. The van der Waals surface area contributed by atoms with Crippen LogP contribution >= 0.6 is 11.3 Å². The summed E-state index contributed by atoms with van der Waals surface area (Å²) in [5, 5.41) is 20.5. The van der Waals surface area contributed by atoms with E-state index in [1.807, 2.05) is 35.0 Å². The van der Waals surface area contributed by atoms with Crippen LogP contribution in [0.4, 0.5) is 5.69 Å². The van der Waals surface area contributed by atoms with E-state index in [9.17, 15) is 13.2 Å². The molecule has 0 bridgehead atoms. The molecule has 0 unspecified atom stereocenters. The molecule has 1 aliphatic rings. The van der Waals surface area contributed by atoms with Gasteiger partial charge in [0.2, 0.25) is 15.9 Å². The number of thiophene rings is 1. The van der Waals surface area contributed by atoms with E-state index in [-0.39, 0.29) is 16.8 Å². The van der Waals surface area contributed by atoms with E-state index in [2.05, 4.69) is 20.4 Å². The van der Waals surface area contributed by atoms with Crippen molar-refractivity contribution in [3.8, 4) is 11.3 Å². The van der Waals surface area contributed by atoms with Gasteiger partial charge in [0.1, 0.15) is 11.7 Å². The number of rotatable bonds is 6. The fourth-order valence-electron chi connectivity index (χ4n) is 4.30. The minimum Gasteiger partial charge on any atom is -0.324 e. The lowest BCUT2D eigenvalue weighted by molar-refractivity contribution is -0.121. The first-order valence-corrected chi connectivity index (χ1v) is 13.1. The van der Waals surface area contributed by atoms with Gasteiger partial charge in [-0.15, -0.1) is 0 Å². The average Bonchev–Trinajstić information content (AvgIpc) is 3.56. The third-order valence-electron chi connectivity index (χ3n) is 5.88. The number of nitrogens with two attached hydrogens (primary N) is 1. The van der Waals surface area contributed by atoms with Crippen LogP contribution in [0, 0.1) is 0 Å². The molecule has 2 aromatic heterocycles. The smallest absolute Gasteiger partial charge is 0.246 e. The molecule has 1 fully saturated rings. The number of likely N-dealkylation sites (tertiary alicyclic amines) is 1. The second kappa shape index (κ2) is 8.71. The highest BCUT2D eigenvalue weighted by Gasteiger charge is 2.30. The Balaban J connectivity index is 1.47. The fraction of sp³-hybridized carbons (Fsp3) is 0.217. The van der Waals surface area contributed by atoms with Crippen LogP contribution in [0.1, 0.15) is 24.4 Å². The summed E-state index contributed by atoms with van der Waals surface area (Å²) in [7, 11) is -3.83. The number of sulfonamides is 1. The lowest BCUT2D eigenvalue weighted by atomic mass is 10.1. The van der Waals surface area contributed by atoms with Gasteiger partial charge in [0.05, 0.1) is 10.4 Å². The van der Waals surface area contributed by atoms with Crippen molar-refractivity contribution in [2.45, 2.75) is 23.8 Å². The number of carbonyl (C=O) groups is 1. The number of hydrogen-bond donors (Lipinski definition) is 3. The fourth-order valence-corrected chi connectivity index (χ4v) is 5.54. The molecule has 1 aliphatic heterocycles. The van der Waals surface area contributed by atoms with E-state index in [1.54, 1.807) is 23.5 Å². The van der Waals surface area contributed by atoms with Crippen molar-refractivity contribution in [3.05, 3.63) is 64.9 Å². The van der Waals surface area contributed by atoms with Crippen LogP contribution < -0.4 is 10.5 Å². The maximum Gasteiger partial charge on any atom is 0.246 e. The van der Waals surface area contributed by atoms with Gasteiger partial charge >= 0.3 is 0 Å². The zero-order valence-electron chi connectivity index (χ0n) is 17.7. The number of nitrogens with one attached hydrogen (secondary N) is 2. The van der Waals surface area contributed by atoms with Crippen molar-refractivity contribution >= 4 is 43.9 Å². The number of aromatic amines is 1. The van der Waals surface area contributed by atoms with Crippen molar-refractivity contribution in [1.29, 1.82) is 0 Å². The number of aromatic nitrogens is 2. The molecule has 10 heteroatoms. The summed E-state index contributed by atoms with van der Waals surface area (Å²) in [6.07, 6.45) is 2.19. The molecular formula is C23H23N5O3S2. The molecule has 3 heterocycles. The first kappa shape index (κ1) is 21.8. The molecular weight excluding hydrogens is 458 g/mol. The Labute approximate surface area is 195 Å². The molecule has 5 rings (SSSR count). The molecule has 1 amide bonds. The molecule has 0 saturated carbocycles. The molecule has 33 heavy (non-hydrogen) atoms. The van der Waals surface area contributed by atoms with E-state index in [1.165, 1.54) is 12.1 Å². The van der Waals surface area contributed by atoms with Gasteiger partial charge in [0.15, 0.2) is 0 Å². The number of amides is 1. The molecule has 1 atom stereocenters. The van der Waals surface area contributed by atoms with Gasteiger partial charge in [-0.25, -0.2) is 13.6 Å². The number of H-pyrrole nitrogens is 1. The van der Waals surface area contributed by atoms with Crippen molar-refractivity contribution in [2.75, 3.05) is 18.4 Å². The van der Waals surface area contributed by atoms with Crippen LogP contribution in [0.2, 0.25) is 0 Å². The van der Waals surface area contributed by atoms with Crippen LogP contribution in [0.25, 0.3) is 22.2 Å². The van der Waals surface area contributed by atoms with Crippen LogP contribution in [0.15, 0.2) is 64.2 Å². The first-order chi connectivity index (χ1) is 15.9. The molecule has 1 saturated heterocycles. The van der Waals surface area contributed by atoms with Crippen LogP contribution in [0.3, 0.4) is 0 Å². The minimum absolute atomic E-state index is 0.0184. The van der Waals surface area contributed by atoms with Gasteiger partial charge in [-0.1, -0.05) is 12.1 Å². The Bertz CT molecular complexity index is 1410. The maximum atomic E-state index is 13.3. The Morgan fingerprint density at radius 3 is 2.70 bits per heavy atom. The van der Waals surface area contributed by atoms with E-state index < -0.39 is 10.0 Å². The number of nitrogens with zero attached hydrogens (tertiary/aromatic N) is 2. The normalized spacial score (nSPS) is 15.7. The summed E-state index contributed by atoms with van der Waals surface area (Å²) in [6.45, 7) is 1.80. The summed E-state index contributed by atoms with van der Waals surface area (Å²) in [5.74, 6) is -0.0732. The average molecular weight is 482 g/mol. The number of fused-ring (bicyclic) bond motifs is 1. The van der Waals surface area contributed by atoms with Gasteiger partial charge in [0, 0.05) is 16.6 Å². The van der Waals surface area contributed by atoms with Gasteiger partial charge < -0.3 is 5.32 Å². The van der Waals surface area contributed by atoms with Crippen LogP contribution in [-0.4, -0.2) is 42.5 Å². The molecule has 170 valence electrons. The Morgan fingerprint density at radius 1 is 1.15 bits per heavy atom. The summed E-state index contributed by atoms with van der Waals surface area (Å²) in [6, 6.07) is 13.5. The second-order valence-corrected chi connectivity index (χ2v) is 10.4. The predicted octanol–water partition coefficient (Wildman–Crippen LogP) is 3.71. The molecule has 4 aromatic rings. The quantitative estimate of drug-likeness (QED) is 0.388. The summed E-state index contributed by atoms with van der Waals surface area (Å²) < 4.78 is 23.5. The zero-order valence-corrected chi connectivity index (χ0v) is 19.3. The molecule has 0 aliphatic carbocycles. The number of hydrogen-bond acceptors (Lipinski definition) is 6. The van der Waals surface area contributed by atoms with Crippen molar-refractivity contribution in [1.82, 2.24) is 15.1 Å². The molecule has 2 aromatic carbocycles. The van der Waals surface area contributed by atoms with Crippen molar-refractivity contribution in [2.24, 2.45) is 5.14 Å². The highest BCUT2D eigenvalue weighted by Crippen LogP contribution is 2.31. The number of primary sulfonamides is 1. The summed E-state index contributed by atoms with van der Waals surface area (Å²) >= 11 is 1.59. The standard InChI is InChI=1S/C23H23N5O3S2/c24-33(30,31)18-5-3-4-15(12-18)21-19-13-17(6-7-20(19)26-27-21)25-23(29)22(16-8-11-32-14-16)28-9-1-2-10-28/h3-8,11-14,22H,1-2,9-10H2,(H,25,29)(H,26,27)(H2,24,30,31)/t22-/m0/s1. The van der Waals surface area contributed by atoms with Gasteiger partial charge in [0.25, 0.3) is 0 Å². The van der Waals surface area contributed by atoms with E-state index >= 15 is 0 Å². The van der Waals surface area contributed by atoms with Gasteiger partial charge in [-0.05, 0) is 78.7 Å². The number of anilines is 1. The third-order valence-corrected chi connectivity index (χ3v) is 7.49. The van der Waals surface area contributed by atoms with Crippen molar-refractivity contribution in [3.63, 3.8) is 0 Å². The topological polar surface area (TPSA) is 121 Å². The third kappa shape index (κ3) is 4.42. The Kier molecular flexibility index (Phi) is 5.75. The second-order valence-electron chi connectivity index (χ2n) is 8.10. The zero-order chi connectivity index (χ0) is 23.0. The Hall–Kier alpha value is -3.05. The van der Waals surface area contributed by atoms with Gasteiger partial charge in [-0.3, -0.25) is 14.8 Å². The lowest BCUT2D eigenvalue weighted by Crippen LogP contribution is -2.35.